The van der Waals surface area contributed by atoms with Gasteiger partial charge in [-0.05, 0) is 12.5 Å². The third kappa shape index (κ3) is 1.66. The van der Waals surface area contributed by atoms with E-state index in [1.54, 1.807) is 12.5 Å². The molecular formula is C5H9NOS2. The van der Waals surface area contributed by atoms with Gasteiger partial charge >= 0.3 is 0 Å². The maximum atomic E-state index is 5.05. The molecule has 0 aliphatic heterocycles. The Hall–Kier alpha value is -0.0900. The van der Waals surface area contributed by atoms with E-state index in [-0.39, 0.29) is 0 Å². The smallest absolute Gasteiger partial charge is 0.245 e. The SMILES string of the molecule is CS(C)(S)c1ncco1. The quantitative estimate of drug-likeness (QED) is 0.506. The molecule has 2 nitrogen and oxygen atoms in total. The third-order valence-electron chi connectivity index (χ3n) is 0.837. The van der Waals surface area contributed by atoms with Crippen molar-refractivity contribution >= 4 is 20.7 Å². The zero-order valence-electron chi connectivity index (χ0n) is 5.37. The third-order valence-corrected chi connectivity index (χ3v) is 2.36. The van der Waals surface area contributed by atoms with Gasteiger partial charge in [-0.3, -0.25) is 0 Å². The fourth-order valence-electron chi connectivity index (χ4n) is 0.457. The van der Waals surface area contributed by atoms with Crippen molar-refractivity contribution in [2.75, 3.05) is 12.5 Å². The van der Waals surface area contributed by atoms with Crippen LogP contribution >= 0.6 is 20.7 Å². The van der Waals surface area contributed by atoms with Crippen LogP contribution in [0.1, 0.15) is 0 Å². The minimum Gasteiger partial charge on any atom is -0.441 e. The van der Waals surface area contributed by atoms with E-state index in [1.807, 2.05) is 12.5 Å². The van der Waals surface area contributed by atoms with E-state index >= 15 is 0 Å². The van der Waals surface area contributed by atoms with Crippen molar-refractivity contribution in [2.24, 2.45) is 0 Å². The average molecular weight is 163 g/mol. The molecule has 1 heterocycles. The molecule has 1 aromatic rings. The Morgan fingerprint density at radius 2 is 2.33 bits per heavy atom. The predicted molar refractivity (Wildman–Crippen MR) is 43.2 cm³/mol. The zero-order chi connectivity index (χ0) is 6.91. The van der Waals surface area contributed by atoms with E-state index in [4.69, 9.17) is 4.42 Å². The topological polar surface area (TPSA) is 26.0 Å². The van der Waals surface area contributed by atoms with Crippen molar-refractivity contribution in [1.29, 1.82) is 0 Å². The Morgan fingerprint density at radius 3 is 2.56 bits per heavy atom. The van der Waals surface area contributed by atoms with Gasteiger partial charge in [0.1, 0.15) is 6.26 Å². The number of oxazole rings is 1. The molecule has 9 heavy (non-hydrogen) atoms. The van der Waals surface area contributed by atoms with E-state index in [9.17, 15) is 0 Å². The summed E-state index contributed by atoms with van der Waals surface area (Å²) in [6.07, 6.45) is 7.24. The number of rotatable bonds is 1. The molecule has 1 aromatic heterocycles. The molecule has 0 aromatic carbocycles. The van der Waals surface area contributed by atoms with Gasteiger partial charge in [0.05, 0.1) is 6.20 Å². The lowest BCUT2D eigenvalue weighted by molar-refractivity contribution is 0.452. The number of nitrogens with zero attached hydrogens (tertiary/aromatic N) is 1. The summed E-state index contributed by atoms with van der Waals surface area (Å²) in [5.74, 6) is 0. The minimum atomic E-state index is -1.04. The van der Waals surface area contributed by atoms with Gasteiger partial charge in [0.25, 0.3) is 0 Å². The molecular weight excluding hydrogens is 154 g/mol. The van der Waals surface area contributed by atoms with E-state index in [0.717, 1.165) is 5.22 Å². The van der Waals surface area contributed by atoms with E-state index in [1.165, 1.54) is 0 Å². The molecule has 0 bridgehead atoms. The molecule has 0 saturated carbocycles. The number of aromatic nitrogens is 1. The Bertz CT molecular complexity index is 177. The van der Waals surface area contributed by atoms with E-state index in [0.29, 0.717) is 0 Å². The lowest BCUT2D eigenvalue weighted by Crippen LogP contribution is -1.85. The first-order valence-electron chi connectivity index (χ1n) is 2.46. The van der Waals surface area contributed by atoms with Crippen LogP contribution < -0.4 is 0 Å². The first-order chi connectivity index (χ1) is 4.11. The van der Waals surface area contributed by atoms with Crippen molar-refractivity contribution < 1.29 is 4.42 Å². The monoisotopic (exact) mass is 163 g/mol. The first kappa shape index (κ1) is 7.02. The van der Waals surface area contributed by atoms with Gasteiger partial charge in [0, 0.05) is 0 Å². The molecule has 0 aliphatic carbocycles. The van der Waals surface area contributed by atoms with Crippen LogP contribution in [-0.4, -0.2) is 17.5 Å². The van der Waals surface area contributed by atoms with Gasteiger partial charge in [0.2, 0.25) is 5.22 Å². The second-order valence-corrected chi connectivity index (χ2v) is 7.70. The number of thiol groups is 1. The van der Waals surface area contributed by atoms with Crippen LogP contribution in [0.4, 0.5) is 0 Å². The summed E-state index contributed by atoms with van der Waals surface area (Å²) in [4.78, 5) is 3.98. The Labute approximate surface area is 60.8 Å². The fraction of sp³-hybridized carbons (Fsp3) is 0.400. The zero-order valence-corrected chi connectivity index (χ0v) is 7.08. The highest BCUT2D eigenvalue weighted by Crippen LogP contribution is 2.51. The van der Waals surface area contributed by atoms with Crippen LogP contribution in [0.15, 0.2) is 22.1 Å². The summed E-state index contributed by atoms with van der Waals surface area (Å²) in [6.45, 7) is 0. The molecule has 0 N–H and O–H groups in total. The van der Waals surface area contributed by atoms with Crippen LogP contribution in [0.25, 0.3) is 0 Å². The van der Waals surface area contributed by atoms with Gasteiger partial charge in [-0.25, -0.2) is 4.98 Å². The van der Waals surface area contributed by atoms with Crippen LogP contribution in [0.3, 0.4) is 0 Å². The summed E-state index contributed by atoms with van der Waals surface area (Å²) < 4.78 is 5.05. The summed E-state index contributed by atoms with van der Waals surface area (Å²) in [5.41, 5.74) is 0. The molecule has 0 amide bonds. The second kappa shape index (κ2) is 2.27. The van der Waals surface area contributed by atoms with Crippen molar-refractivity contribution in [3.05, 3.63) is 12.5 Å². The highest BCUT2D eigenvalue weighted by Gasteiger charge is 2.12. The lowest BCUT2D eigenvalue weighted by Gasteiger charge is -2.17. The summed E-state index contributed by atoms with van der Waals surface area (Å²) in [6, 6.07) is 0. The largest absolute Gasteiger partial charge is 0.441 e. The number of hydrogen-bond donors (Lipinski definition) is 1. The Kier molecular flexibility index (Phi) is 1.77. The van der Waals surface area contributed by atoms with Crippen molar-refractivity contribution in [3.8, 4) is 0 Å². The standard InChI is InChI=1S/C5H9NOS2/c1-9(2,8)5-6-3-4-7-5/h3-4,8H,1-2H3. The highest BCUT2D eigenvalue weighted by atomic mass is 33.1. The van der Waals surface area contributed by atoms with Gasteiger partial charge in [-0.2, -0.15) is 0 Å². The number of hydrogen-bond acceptors (Lipinski definition) is 3. The predicted octanol–water partition coefficient (Wildman–Crippen LogP) is 1.94. The van der Waals surface area contributed by atoms with Crippen LogP contribution in [0, 0.1) is 0 Å². The van der Waals surface area contributed by atoms with E-state index < -0.39 is 9.06 Å². The van der Waals surface area contributed by atoms with Gasteiger partial charge in [-0.1, -0.05) is 0 Å². The molecule has 0 saturated heterocycles. The normalized spacial score (nSPS) is 13.7. The van der Waals surface area contributed by atoms with Gasteiger partial charge in [0.15, 0.2) is 0 Å². The fourth-order valence-corrected chi connectivity index (χ4v) is 1.34. The molecule has 52 valence electrons. The van der Waals surface area contributed by atoms with Crippen LogP contribution in [0.5, 0.6) is 0 Å². The minimum absolute atomic E-state index is 0.742. The van der Waals surface area contributed by atoms with Gasteiger partial charge in [-0.15, -0.1) is 20.7 Å². The highest BCUT2D eigenvalue weighted by molar-refractivity contribution is 8.87. The maximum Gasteiger partial charge on any atom is 0.245 e. The summed E-state index contributed by atoms with van der Waals surface area (Å²) >= 11 is 4.34. The molecule has 0 fully saturated rings. The molecule has 0 spiro atoms. The molecule has 0 atom stereocenters. The summed E-state index contributed by atoms with van der Waals surface area (Å²) in [5, 5.41) is 0.742. The molecule has 0 radical (unpaired) electrons. The Morgan fingerprint density at radius 1 is 1.67 bits per heavy atom. The van der Waals surface area contributed by atoms with Gasteiger partial charge < -0.3 is 4.42 Å². The molecule has 4 heteroatoms. The van der Waals surface area contributed by atoms with Crippen LogP contribution in [-0.2, 0) is 0 Å². The van der Waals surface area contributed by atoms with Crippen LogP contribution in [0.2, 0.25) is 0 Å². The second-order valence-electron chi connectivity index (χ2n) is 2.07. The lowest BCUT2D eigenvalue weighted by atomic mass is 11.0. The van der Waals surface area contributed by atoms with Crippen molar-refractivity contribution in [3.63, 3.8) is 0 Å². The maximum absolute atomic E-state index is 5.05. The molecule has 1 rings (SSSR count). The van der Waals surface area contributed by atoms with E-state index in [2.05, 4.69) is 16.6 Å². The average Bonchev–Trinajstić information content (AvgIpc) is 2.08. The van der Waals surface area contributed by atoms with Crippen molar-refractivity contribution in [2.45, 2.75) is 5.22 Å². The Balaban J connectivity index is 2.90. The summed E-state index contributed by atoms with van der Waals surface area (Å²) in [7, 11) is -1.04. The molecule has 0 unspecified atom stereocenters. The molecule has 0 aliphatic rings. The first-order valence-corrected chi connectivity index (χ1v) is 5.96. The van der Waals surface area contributed by atoms with Crippen molar-refractivity contribution in [1.82, 2.24) is 4.98 Å².